The van der Waals surface area contributed by atoms with Crippen LogP contribution in [0.3, 0.4) is 0 Å². The summed E-state index contributed by atoms with van der Waals surface area (Å²) in [6, 6.07) is 11.1. The molecule has 1 aromatic rings. The smallest absolute Gasteiger partial charge is 0.00886 e. The molecule has 1 unspecified atom stereocenters. The van der Waals surface area contributed by atoms with E-state index in [4.69, 9.17) is 0 Å². The van der Waals surface area contributed by atoms with Gasteiger partial charge in [-0.25, -0.2) is 0 Å². The summed E-state index contributed by atoms with van der Waals surface area (Å²) in [4.78, 5) is 0. The lowest BCUT2D eigenvalue weighted by Crippen LogP contribution is -2.16. The third-order valence-corrected chi connectivity index (χ3v) is 5.07. The Hall–Kier alpha value is -1.30. The molecular weight excluding hydrogens is 276 g/mol. The van der Waals surface area contributed by atoms with E-state index in [0.717, 1.165) is 0 Å². The van der Waals surface area contributed by atoms with E-state index in [9.17, 15) is 0 Å². The first-order chi connectivity index (χ1) is 10.8. The van der Waals surface area contributed by atoms with Crippen molar-refractivity contribution in [3.63, 3.8) is 0 Å². The zero-order chi connectivity index (χ0) is 17.3. The van der Waals surface area contributed by atoms with Crippen molar-refractivity contribution in [2.75, 3.05) is 0 Å². The predicted octanol–water partition coefficient (Wildman–Crippen LogP) is 6.99. The average molecular weight is 311 g/mol. The van der Waals surface area contributed by atoms with E-state index in [1.54, 1.807) is 22.3 Å². The van der Waals surface area contributed by atoms with Gasteiger partial charge in [-0.2, -0.15) is 0 Å². The minimum absolute atomic E-state index is 0.562. The van der Waals surface area contributed by atoms with Gasteiger partial charge in [0, 0.05) is 5.92 Å². The maximum Gasteiger partial charge on any atom is 0.00886 e. The van der Waals surface area contributed by atoms with E-state index in [1.807, 2.05) is 0 Å². The molecule has 2 rings (SSSR count). The highest BCUT2D eigenvalue weighted by atomic mass is 14.4. The Kier molecular flexibility index (Phi) is 5.55. The van der Waals surface area contributed by atoms with Crippen LogP contribution in [0.5, 0.6) is 0 Å². The monoisotopic (exact) mass is 310 g/mol. The molecular formula is C23H34. The first-order valence-electron chi connectivity index (χ1n) is 9.31. The lowest BCUT2D eigenvalue weighted by Gasteiger charge is -2.27. The fraction of sp³-hybridized carbons (Fsp3) is 0.565. The first kappa shape index (κ1) is 18.0. The summed E-state index contributed by atoms with van der Waals surface area (Å²) < 4.78 is 0. The molecule has 0 amide bonds. The molecule has 126 valence electrons. The maximum atomic E-state index is 2.39. The molecule has 0 saturated carbocycles. The van der Waals surface area contributed by atoms with Gasteiger partial charge in [0.1, 0.15) is 0 Å². The van der Waals surface area contributed by atoms with Crippen LogP contribution in [0, 0.1) is 29.6 Å². The van der Waals surface area contributed by atoms with E-state index in [1.165, 1.54) is 5.56 Å². The molecule has 1 aliphatic carbocycles. The normalized spacial score (nSPS) is 19.2. The highest BCUT2D eigenvalue weighted by Gasteiger charge is 2.38. The van der Waals surface area contributed by atoms with E-state index < -0.39 is 0 Å². The summed E-state index contributed by atoms with van der Waals surface area (Å²) >= 11 is 0. The van der Waals surface area contributed by atoms with Crippen LogP contribution in [0.2, 0.25) is 0 Å². The second-order valence-electron chi connectivity index (χ2n) is 8.25. The van der Waals surface area contributed by atoms with Gasteiger partial charge in [-0.15, -0.1) is 0 Å². The third kappa shape index (κ3) is 3.32. The van der Waals surface area contributed by atoms with Crippen LogP contribution in [0.4, 0.5) is 0 Å². The molecule has 0 bridgehead atoms. The summed E-state index contributed by atoms with van der Waals surface area (Å²) in [5.41, 5.74) is 7.98. The van der Waals surface area contributed by atoms with Crippen molar-refractivity contribution in [1.82, 2.24) is 0 Å². The molecule has 0 heteroatoms. The van der Waals surface area contributed by atoms with E-state index in [-0.39, 0.29) is 0 Å². The maximum absolute atomic E-state index is 2.39. The zero-order valence-corrected chi connectivity index (χ0v) is 16.3. The van der Waals surface area contributed by atoms with Gasteiger partial charge in [-0.05, 0) is 46.0 Å². The summed E-state index contributed by atoms with van der Waals surface area (Å²) in [6.07, 6.45) is 0. The Morgan fingerprint density at radius 2 is 1.17 bits per heavy atom. The van der Waals surface area contributed by atoms with Crippen LogP contribution in [-0.2, 0) is 0 Å². The lowest BCUT2D eigenvalue weighted by atomic mass is 9.77. The van der Waals surface area contributed by atoms with Gasteiger partial charge >= 0.3 is 0 Å². The summed E-state index contributed by atoms with van der Waals surface area (Å²) in [6.45, 7) is 19.0. The molecule has 0 fully saturated rings. The predicted molar refractivity (Wildman–Crippen MR) is 103 cm³/mol. The number of allylic oxidation sites excluding steroid dienone is 4. The van der Waals surface area contributed by atoms with Crippen molar-refractivity contribution in [1.29, 1.82) is 0 Å². The Balaban J connectivity index is 2.79. The van der Waals surface area contributed by atoms with Gasteiger partial charge < -0.3 is 0 Å². The van der Waals surface area contributed by atoms with Crippen molar-refractivity contribution in [2.24, 2.45) is 29.6 Å². The lowest BCUT2D eigenvalue weighted by molar-refractivity contribution is 0.495. The number of benzene rings is 1. The Labute approximate surface area is 143 Å². The van der Waals surface area contributed by atoms with Crippen LogP contribution in [0.25, 0.3) is 5.57 Å². The van der Waals surface area contributed by atoms with Crippen molar-refractivity contribution in [3.05, 3.63) is 52.6 Å². The van der Waals surface area contributed by atoms with Gasteiger partial charge in [-0.3, -0.25) is 0 Å². The molecule has 0 aromatic heterocycles. The Bertz CT molecular complexity index is 594. The van der Waals surface area contributed by atoms with E-state index in [0.29, 0.717) is 29.6 Å². The first-order valence-corrected chi connectivity index (χ1v) is 9.31. The quantitative estimate of drug-likeness (QED) is 0.549. The fourth-order valence-corrected chi connectivity index (χ4v) is 4.37. The van der Waals surface area contributed by atoms with Gasteiger partial charge in [0.05, 0.1) is 0 Å². The van der Waals surface area contributed by atoms with Gasteiger partial charge in [0.15, 0.2) is 0 Å². The second kappa shape index (κ2) is 7.07. The molecule has 23 heavy (non-hydrogen) atoms. The highest BCUT2D eigenvalue weighted by molar-refractivity contribution is 5.81. The van der Waals surface area contributed by atoms with Crippen molar-refractivity contribution < 1.29 is 0 Å². The average Bonchev–Trinajstić information content (AvgIpc) is 2.84. The van der Waals surface area contributed by atoms with Gasteiger partial charge in [0.25, 0.3) is 0 Å². The number of rotatable bonds is 5. The molecule has 0 heterocycles. The fourth-order valence-electron chi connectivity index (χ4n) is 4.37. The van der Waals surface area contributed by atoms with Crippen LogP contribution in [0.1, 0.15) is 61.0 Å². The molecule has 0 radical (unpaired) electrons. The third-order valence-electron chi connectivity index (χ3n) is 5.07. The summed E-state index contributed by atoms with van der Waals surface area (Å²) in [5.74, 6) is 2.96. The van der Waals surface area contributed by atoms with Crippen molar-refractivity contribution >= 4 is 5.57 Å². The van der Waals surface area contributed by atoms with Crippen LogP contribution in [0.15, 0.2) is 47.1 Å². The molecule has 0 aliphatic heterocycles. The zero-order valence-electron chi connectivity index (χ0n) is 16.3. The van der Waals surface area contributed by atoms with Crippen LogP contribution < -0.4 is 0 Å². The number of hydrogen-bond acceptors (Lipinski definition) is 0. The molecule has 0 saturated heterocycles. The standard InChI is InChI=1S/C23H34/c1-14(2)19-20(15(3)4)22(17(7)8)23(21(19)16(5)6)18-12-10-9-11-13-18/h9-17,21H,1-8H3. The molecule has 1 aliphatic rings. The summed E-state index contributed by atoms with van der Waals surface area (Å²) in [7, 11) is 0. The van der Waals surface area contributed by atoms with Crippen molar-refractivity contribution in [3.8, 4) is 0 Å². The molecule has 0 nitrogen and oxygen atoms in total. The van der Waals surface area contributed by atoms with Gasteiger partial charge in [-0.1, -0.05) is 91.3 Å². The largest absolute Gasteiger partial charge is 0.0622 e. The molecule has 0 N–H and O–H groups in total. The summed E-state index contributed by atoms with van der Waals surface area (Å²) in [5, 5.41) is 0. The number of hydrogen-bond donors (Lipinski definition) is 0. The molecule has 0 spiro atoms. The Morgan fingerprint density at radius 1 is 0.652 bits per heavy atom. The molecule has 1 aromatic carbocycles. The van der Waals surface area contributed by atoms with E-state index in [2.05, 4.69) is 85.7 Å². The minimum atomic E-state index is 0.562. The van der Waals surface area contributed by atoms with E-state index >= 15 is 0 Å². The van der Waals surface area contributed by atoms with Crippen molar-refractivity contribution in [2.45, 2.75) is 55.4 Å². The topological polar surface area (TPSA) is 0 Å². The second-order valence-corrected chi connectivity index (χ2v) is 8.25. The SMILES string of the molecule is CC(C)C1=C(c2ccccc2)C(C(C)C)C(C(C)C)=C1C(C)C. The Morgan fingerprint density at radius 3 is 1.57 bits per heavy atom. The van der Waals surface area contributed by atoms with Gasteiger partial charge in [0.2, 0.25) is 0 Å². The van der Waals surface area contributed by atoms with Crippen LogP contribution in [-0.4, -0.2) is 0 Å². The van der Waals surface area contributed by atoms with Crippen LogP contribution >= 0.6 is 0 Å². The minimum Gasteiger partial charge on any atom is -0.0622 e. The highest BCUT2D eigenvalue weighted by Crippen LogP contribution is 2.52. The molecule has 1 atom stereocenters.